The van der Waals surface area contributed by atoms with Crippen molar-refractivity contribution in [3.8, 4) is 0 Å². The minimum Gasteiger partial charge on any atom is -0.332 e. The number of alkyl halides is 3. The molecule has 1 fully saturated rings. The van der Waals surface area contributed by atoms with E-state index in [2.05, 4.69) is 0 Å². The van der Waals surface area contributed by atoms with Crippen LogP contribution in [0.25, 0.3) is 0 Å². The van der Waals surface area contributed by atoms with Crippen LogP contribution in [0.5, 0.6) is 0 Å². The quantitative estimate of drug-likeness (QED) is 0.778. The molecular weight excluding hydrogens is 276 g/mol. The van der Waals surface area contributed by atoms with Gasteiger partial charge in [0.2, 0.25) is 0 Å². The summed E-state index contributed by atoms with van der Waals surface area (Å²) in [6, 6.07) is 5.97. The molecule has 0 saturated carbocycles. The lowest BCUT2D eigenvalue weighted by molar-refractivity contribution is -0.187. The van der Waals surface area contributed by atoms with Gasteiger partial charge in [-0.2, -0.15) is 13.2 Å². The molecule has 0 N–H and O–H groups in total. The van der Waals surface area contributed by atoms with Gasteiger partial charge in [0, 0.05) is 32.7 Å². The van der Waals surface area contributed by atoms with Gasteiger partial charge in [-0.05, 0) is 17.7 Å². The smallest absolute Gasteiger partial charge is 0.332 e. The Kier molecular flexibility index (Phi) is 4.27. The van der Waals surface area contributed by atoms with Crippen molar-refractivity contribution in [3.63, 3.8) is 0 Å². The van der Waals surface area contributed by atoms with E-state index in [1.165, 1.54) is 12.1 Å². The van der Waals surface area contributed by atoms with Crippen molar-refractivity contribution in [1.29, 1.82) is 0 Å². The van der Waals surface area contributed by atoms with Crippen molar-refractivity contribution in [1.82, 2.24) is 9.80 Å². The lowest BCUT2D eigenvalue weighted by Gasteiger charge is -2.34. The predicted molar refractivity (Wildman–Crippen MR) is 64.3 cm³/mol. The Bertz CT molecular complexity index is 464. The van der Waals surface area contributed by atoms with Crippen molar-refractivity contribution in [2.24, 2.45) is 0 Å². The number of halogens is 4. The van der Waals surface area contributed by atoms with E-state index >= 15 is 0 Å². The first kappa shape index (κ1) is 14.8. The van der Waals surface area contributed by atoms with Gasteiger partial charge in [-0.1, -0.05) is 12.1 Å². The number of benzene rings is 1. The van der Waals surface area contributed by atoms with Crippen LogP contribution in [0.2, 0.25) is 0 Å². The highest BCUT2D eigenvalue weighted by Crippen LogP contribution is 2.20. The van der Waals surface area contributed by atoms with Crippen LogP contribution in [0.4, 0.5) is 17.6 Å². The maximum absolute atomic E-state index is 12.8. The minimum absolute atomic E-state index is 0.0551. The van der Waals surface area contributed by atoms with E-state index in [0.29, 0.717) is 19.6 Å². The van der Waals surface area contributed by atoms with Crippen molar-refractivity contribution >= 4 is 5.91 Å². The number of hydrogen-bond donors (Lipinski definition) is 0. The molecule has 0 radical (unpaired) electrons. The summed E-state index contributed by atoms with van der Waals surface area (Å²) in [7, 11) is 0. The average molecular weight is 290 g/mol. The first-order valence-electron chi connectivity index (χ1n) is 6.19. The maximum Gasteiger partial charge on any atom is 0.471 e. The molecule has 2 rings (SSSR count). The normalized spacial score (nSPS) is 17.3. The summed E-state index contributed by atoms with van der Waals surface area (Å²) in [6.45, 7) is 1.39. The number of carbonyl (C=O) groups is 1. The molecule has 1 saturated heterocycles. The predicted octanol–water partition coefficient (Wildman–Crippen LogP) is 2.03. The number of piperazine rings is 1. The van der Waals surface area contributed by atoms with E-state index in [9.17, 15) is 22.4 Å². The molecule has 0 atom stereocenters. The van der Waals surface area contributed by atoms with Crippen LogP contribution in [0, 0.1) is 5.82 Å². The molecule has 1 aromatic carbocycles. The second-order valence-electron chi connectivity index (χ2n) is 4.69. The fourth-order valence-corrected chi connectivity index (χ4v) is 2.14. The Morgan fingerprint density at radius 1 is 1.05 bits per heavy atom. The van der Waals surface area contributed by atoms with Crippen molar-refractivity contribution in [2.75, 3.05) is 26.2 Å². The van der Waals surface area contributed by atoms with E-state index < -0.39 is 12.1 Å². The van der Waals surface area contributed by atoms with Gasteiger partial charge >= 0.3 is 12.1 Å². The molecule has 20 heavy (non-hydrogen) atoms. The fourth-order valence-electron chi connectivity index (χ4n) is 2.14. The number of hydrogen-bond acceptors (Lipinski definition) is 2. The summed E-state index contributed by atoms with van der Waals surface area (Å²) < 4.78 is 49.6. The van der Waals surface area contributed by atoms with Gasteiger partial charge in [-0.25, -0.2) is 4.39 Å². The zero-order valence-electron chi connectivity index (χ0n) is 10.7. The van der Waals surface area contributed by atoms with Gasteiger partial charge in [0.05, 0.1) is 0 Å². The topological polar surface area (TPSA) is 23.6 Å². The van der Waals surface area contributed by atoms with E-state index in [-0.39, 0.29) is 18.9 Å². The second-order valence-corrected chi connectivity index (χ2v) is 4.69. The largest absolute Gasteiger partial charge is 0.471 e. The molecule has 1 aliphatic rings. The third-order valence-electron chi connectivity index (χ3n) is 3.22. The molecule has 1 heterocycles. The Morgan fingerprint density at radius 3 is 2.10 bits per heavy atom. The maximum atomic E-state index is 12.8. The van der Waals surface area contributed by atoms with Crippen molar-refractivity contribution < 1.29 is 22.4 Å². The lowest BCUT2D eigenvalue weighted by Crippen LogP contribution is -2.52. The summed E-state index contributed by atoms with van der Waals surface area (Å²) in [5.74, 6) is -2.10. The van der Waals surface area contributed by atoms with Gasteiger partial charge < -0.3 is 4.90 Å². The SMILES string of the molecule is O=C(N1CCN(Cc2ccc(F)cc2)CC1)C(F)(F)F. The van der Waals surface area contributed by atoms with Gasteiger partial charge in [-0.3, -0.25) is 9.69 Å². The van der Waals surface area contributed by atoms with Crippen LogP contribution in [0.15, 0.2) is 24.3 Å². The van der Waals surface area contributed by atoms with Gasteiger partial charge in [-0.15, -0.1) is 0 Å². The molecule has 0 unspecified atom stereocenters. The van der Waals surface area contributed by atoms with Crippen LogP contribution < -0.4 is 0 Å². The van der Waals surface area contributed by atoms with E-state index in [1.54, 1.807) is 12.1 Å². The number of carbonyl (C=O) groups excluding carboxylic acids is 1. The Balaban J connectivity index is 1.85. The first-order chi connectivity index (χ1) is 9.36. The van der Waals surface area contributed by atoms with Crippen LogP contribution in [0.1, 0.15) is 5.56 Å². The molecular formula is C13H14F4N2O. The third-order valence-corrected chi connectivity index (χ3v) is 3.22. The highest BCUT2D eigenvalue weighted by atomic mass is 19.4. The Hall–Kier alpha value is -1.63. The molecule has 1 aromatic rings. The van der Waals surface area contributed by atoms with Crippen LogP contribution >= 0.6 is 0 Å². The van der Waals surface area contributed by atoms with Crippen LogP contribution in [0.3, 0.4) is 0 Å². The minimum atomic E-state index is -4.81. The summed E-state index contributed by atoms with van der Waals surface area (Å²) in [6.07, 6.45) is -4.81. The number of rotatable bonds is 2. The summed E-state index contributed by atoms with van der Waals surface area (Å²) in [5.41, 5.74) is 0.891. The molecule has 0 aliphatic carbocycles. The average Bonchev–Trinajstić information content (AvgIpc) is 2.40. The standard InChI is InChI=1S/C13H14F4N2O/c14-11-3-1-10(2-4-11)9-18-5-7-19(8-6-18)12(20)13(15,16)17/h1-4H,5-9H2. The molecule has 110 valence electrons. The molecule has 1 aliphatic heterocycles. The molecule has 1 amide bonds. The number of amides is 1. The molecule has 3 nitrogen and oxygen atoms in total. The Morgan fingerprint density at radius 2 is 1.60 bits per heavy atom. The summed E-state index contributed by atoms with van der Waals surface area (Å²) in [5, 5.41) is 0. The molecule has 7 heteroatoms. The van der Waals surface area contributed by atoms with Gasteiger partial charge in [0.15, 0.2) is 0 Å². The molecule has 0 aromatic heterocycles. The zero-order valence-corrected chi connectivity index (χ0v) is 10.7. The van der Waals surface area contributed by atoms with Crippen molar-refractivity contribution in [3.05, 3.63) is 35.6 Å². The number of nitrogens with zero attached hydrogens (tertiary/aromatic N) is 2. The molecule has 0 spiro atoms. The van der Waals surface area contributed by atoms with Gasteiger partial charge in [0.1, 0.15) is 5.82 Å². The van der Waals surface area contributed by atoms with Gasteiger partial charge in [0.25, 0.3) is 0 Å². The summed E-state index contributed by atoms with van der Waals surface area (Å²) >= 11 is 0. The van der Waals surface area contributed by atoms with Crippen molar-refractivity contribution in [2.45, 2.75) is 12.7 Å². The third kappa shape index (κ3) is 3.69. The van der Waals surface area contributed by atoms with Crippen LogP contribution in [-0.2, 0) is 11.3 Å². The lowest BCUT2D eigenvalue weighted by atomic mass is 10.2. The zero-order chi connectivity index (χ0) is 14.8. The highest BCUT2D eigenvalue weighted by molar-refractivity contribution is 5.81. The van der Waals surface area contributed by atoms with E-state index in [4.69, 9.17) is 0 Å². The highest BCUT2D eigenvalue weighted by Gasteiger charge is 2.43. The van der Waals surface area contributed by atoms with Crippen LogP contribution in [-0.4, -0.2) is 48.1 Å². The van der Waals surface area contributed by atoms with E-state index in [0.717, 1.165) is 10.5 Å². The summed E-state index contributed by atoms with van der Waals surface area (Å²) in [4.78, 5) is 13.8. The van der Waals surface area contributed by atoms with E-state index in [1.807, 2.05) is 4.90 Å². The molecule has 0 bridgehead atoms. The fraction of sp³-hybridized carbons (Fsp3) is 0.462. The first-order valence-corrected chi connectivity index (χ1v) is 6.19. The monoisotopic (exact) mass is 290 g/mol. The second kappa shape index (κ2) is 5.78. The Labute approximate surface area is 113 Å².